The molecule has 3 heterocycles. The number of halogens is 2. The number of aromatic nitrogens is 6. The minimum Gasteiger partial charge on any atom is -0.423 e. The van der Waals surface area contributed by atoms with Gasteiger partial charge in [-0.05, 0) is 27.7 Å². The highest BCUT2D eigenvalue weighted by molar-refractivity contribution is 6.31. The van der Waals surface area contributed by atoms with Gasteiger partial charge in [0.1, 0.15) is 6.04 Å². The summed E-state index contributed by atoms with van der Waals surface area (Å²) >= 11 is 12.2. The molecule has 1 unspecified atom stereocenters. The second-order valence-electron chi connectivity index (χ2n) is 5.71. The summed E-state index contributed by atoms with van der Waals surface area (Å²) in [5.41, 5.74) is 2.52. The van der Waals surface area contributed by atoms with E-state index in [1.807, 2.05) is 32.4 Å². The van der Waals surface area contributed by atoms with Crippen LogP contribution in [0.2, 0.25) is 10.0 Å². The maximum Gasteiger partial charge on any atom is 0.240 e. The number of aryl methyl sites for hydroxylation is 4. The molecule has 0 aliphatic rings. The van der Waals surface area contributed by atoms with E-state index in [1.165, 1.54) is 0 Å². The Hall–Kier alpha value is -1.86. The largest absolute Gasteiger partial charge is 0.423 e. The van der Waals surface area contributed by atoms with Crippen molar-refractivity contribution in [3.63, 3.8) is 0 Å². The zero-order valence-corrected chi connectivity index (χ0v) is 15.4. The van der Waals surface area contributed by atoms with Crippen LogP contribution in [0.5, 0.6) is 0 Å². The molecule has 0 amide bonds. The van der Waals surface area contributed by atoms with Crippen molar-refractivity contribution in [1.29, 1.82) is 0 Å². The third-order valence-electron chi connectivity index (χ3n) is 3.92. The van der Waals surface area contributed by atoms with E-state index in [0.29, 0.717) is 34.8 Å². The Labute approximate surface area is 149 Å². The van der Waals surface area contributed by atoms with Crippen molar-refractivity contribution in [1.82, 2.24) is 29.8 Å². The Morgan fingerprint density at radius 3 is 2.46 bits per heavy atom. The van der Waals surface area contributed by atoms with Crippen molar-refractivity contribution >= 4 is 23.2 Å². The van der Waals surface area contributed by atoms with E-state index in [4.69, 9.17) is 27.6 Å². The van der Waals surface area contributed by atoms with Gasteiger partial charge < -0.3 is 4.42 Å². The molecule has 3 rings (SSSR count). The highest BCUT2D eigenvalue weighted by Gasteiger charge is 2.18. The van der Waals surface area contributed by atoms with Crippen LogP contribution in [0.1, 0.15) is 41.8 Å². The highest BCUT2D eigenvalue weighted by Crippen LogP contribution is 2.21. The first-order chi connectivity index (χ1) is 11.4. The molecular formula is C15H18Cl2N6O. The topological polar surface area (TPSA) is 74.6 Å². The summed E-state index contributed by atoms with van der Waals surface area (Å²) in [7, 11) is 0. The van der Waals surface area contributed by atoms with Crippen LogP contribution in [-0.4, -0.2) is 29.8 Å². The Bertz CT molecular complexity index is 846. The van der Waals surface area contributed by atoms with Gasteiger partial charge in [-0.3, -0.25) is 9.36 Å². The minimum absolute atomic E-state index is 0.180. The lowest BCUT2D eigenvalue weighted by molar-refractivity contribution is 0.380. The third-order valence-corrected chi connectivity index (χ3v) is 4.84. The van der Waals surface area contributed by atoms with Crippen LogP contribution in [-0.2, 0) is 13.0 Å². The number of rotatable bonds is 5. The van der Waals surface area contributed by atoms with Crippen molar-refractivity contribution in [2.75, 3.05) is 0 Å². The molecule has 7 nitrogen and oxygen atoms in total. The molecule has 0 aliphatic carbocycles. The van der Waals surface area contributed by atoms with E-state index < -0.39 is 0 Å². The van der Waals surface area contributed by atoms with Gasteiger partial charge in [0, 0.05) is 19.2 Å². The van der Waals surface area contributed by atoms with Gasteiger partial charge in [0.15, 0.2) is 0 Å². The summed E-state index contributed by atoms with van der Waals surface area (Å²) in [5, 5.41) is 18.3. The quantitative estimate of drug-likeness (QED) is 0.688. The predicted octanol–water partition coefficient (Wildman–Crippen LogP) is 3.55. The third kappa shape index (κ3) is 3.18. The Kier molecular flexibility index (Phi) is 4.64. The Morgan fingerprint density at radius 2 is 1.88 bits per heavy atom. The highest BCUT2D eigenvalue weighted by atomic mass is 35.5. The van der Waals surface area contributed by atoms with Crippen molar-refractivity contribution in [2.24, 2.45) is 0 Å². The summed E-state index contributed by atoms with van der Waals surface area (Å²) in [5.74, 6) is 1.05. The Balaban J connectivity index is 1.70. The van der Waals surface area contributed by atoms with Crippen LogP contribution in [0.25, 0.3) is 0 Å². The summed E-state index contributed by atoms with van der Waals surface area (Å²) in [6, 6.07) is -0.180. The molecule has 0 aromatic carbocycles. The van der Waals surface area contributed by atoms with Crippen LogP contribution in [0.4, 0.5) is 0 Å². The molecule has 0 bridgehead atoms. The maximum absolute atomic E-state index is 6.15. The first-order valence-corrected chi connectivity index (χ1v) is 8.35. The lowest BCUT2D eigenvalue weighted by Crippen LogP contribution is -2.08. The molecule has 0 aliphatic heterocycles. The van der Waals surface area contributed by atoms with Gasteiger partial charge in [0.05, 0.1) is 27.1 Å². The van der Waals surface area contributed by atoms with Crippen molar-refractivity contribution in [3.05, 3.63) is 45.1 Å². The number of hydrogen-bond donors (Lipinski definition) is 0. The van der Waals surface area contributed by atoms with E-state index in [-0.39, 0.29) is 6.04 Å². The SMILES string of the molecule is Cc1nn(C(C)c2nnc(CCn3nc(C)c(Cl)c3C)o2)cc1Cl. The molecule has 0 saturated carbocycles. The molecule has 0 N–H and O–H groups in total. The van der Waals surface area contributed by atoms with Crippen molar-refractivity contribution in [3.8, 4) is 0 Å². The van der Waals surface area contributed by atoms with Gasteiger partial charge in [-0.25, -0.2) is 0 Å². The minimum atomic E-state index is -0.180. The van der Waals surface area contributed by atoms with Gasteiger partial charge in [-0.15, -0.1) is 10.2 Å². The van der Waals surface area contributed by atoms with Crippen molar-refractivity contribution < 1.29 is 4.42 Å². The molecule has 0 saturated heterocycles. The lowest BCUT2D eigenvalue weighted by atomic mass is 10.3. The molecule has 0 radical (unpaired) electrons. The van der Waals surface area contributed by atoms with Crippen LogP contribution in [0, 0.1) is 20.8 Å². The van der Waals surface area contributed by atoms with E-state index >= 15 is 0 Å². The average molecular weight is 369 g/mol. The fourth-order valence-electron chi connectivity index (χ4n) is 2.40. The molecule has 128 valence electrons. The zero-order chi connectivity index (χ0) is 17.4. The van der Waals surface area contributed by atoms with Gasteiger partial charge in [0.25, 0.3) is 0 Å². The zero-order valence-electron chi connectivity index (χ0n) is 13.9. The van der Waals surface area contributed by atoms with Crippen LogP contribution >= 0.6 is 23.2 Å². The maximum atomic E-state index is 6.15. The molecular weight excluding hydrogens is 351 g/mol. The summed E-state index contributed by atoms with van der Waals surface area (Å²) in [4.78, 5) is 0. The smallest absolute Gasteiger partial charge is 0.240 e. The summed E-state index contributed by atoms with van der Waals surface area (Å²) in [6.07, 6.45) is 2.33. The van der Waals surface area contributed by atoms with Gasteiger partial charge in [-0.2, -0.15) is 10.2 Å². The fraction of sp³-hybridized carbons (Fsp3) is 0.467. The molecule has 24 heavy (non-hydrogen) atoms. The van der Waals surface area contributed by atoms with E-state index in [9.17, 15) is 0 Å². The summed E-state index contributed by atoms with van der Waals surface area (Å²) in [6.45, 7) is 8.23. The molecule has 0 spiro atoms. The van der Waals surface area contributed by atoms with E-state index in [2.05, 4.69) is 20.4 Å². The fourth-order valence-corrected chi connectivity index (χ4v) is 2.67. The van der Waals surface area contributed by atoms with Crippen LogP contribution in [0.3, 0.4) is 0 Å². The molecule has 3 aromatic heterocycles. The molecule has 0 fully saturated rings. The monoisotopic (exact) mass is 368 g/mol. The first-order valence-electron chi connectivity index (χ1n) is 7.60. The second kappa shape index (κ2) is 6.57. The molecule has 3 aromatic rings. The first kappa shape index (κ1) is 17.0. The second-order valence-corrected chi connectivity index (χ2v) is 6.50. The standard InChI is InChI=1S/C15H18Cl2N6O/c1-8-12(16)7-23(20-8)11(4)15-19-18-13(24-15)5-6-22-10(3)14(17)9(2)21-22/h7,11H,5-6H2,1-4H3. The number of hydrogen-bond acceptors (Lipinski definition) is 5. The molecule has 9 heteroatoms. The van der Waals surface area contributed by atoms with Crippen molar-refractivity contribution in [2.45, 2.75) is 46.7 Å². The normalized spacial score (nSPS) is 12.8. The number of nitrogens with zero attached hydrogens (tertiary/aromatic N) is 6. The van der Waals surface area contributed by atoms with E-state index in [1.54, 1.807) is 10.9 Å². The summed E-state index contributed by atoms with van der Waals surface area (Å²) < 4.78 is 9.31. The van der Waals surface area contributed by atoms with Crippen LogP contribution < -0.4 is 0 Å². The van der Waals surface area contributed by atoms with Gasteiger partial charge in [0.2, 0.25) is 11.8 Å². The van der Waals surface area contributed by atoms with Gasteiger partial charge in [-0.1, -0.05) is 23.2 Å². The predicted molar refractivity (Wildman–Crippen MR) is 90.5 cm³/mol. The average Bonchev–Trinajstić information content (AvgIpc) is 3.21. The van der Waals surface area contributed by atoms with Crippen LogP contribution in [0.15, 0.2) is 10.6 Å². The lowest BCUT2D eigenvalue weighted by Gasteiger charge is -2.06. The molecule has 1 atom stereocenters. The Morgan fingerprint density at radius 1 is 1.12 bits per heavy atom. The van der Waals surface area contributed by atoms with E-state index in [0.717, 1.165) is 17.1 Å². The van der Waals surface area contributed by atoms with Gasteiger partial charge >= 0.3 is 0 Å².